The van der Waals surface area contributed by atoms with Crippen LogP contribution < -0.4 is 4.74 Å². The number of hydrogen-bond donors (Lipinski definition) is 0. The van der Waals surface area contributed by atoms with Gasteiger partial charge in [-0.05, 0) is 42.8 Å². The van der Waals surface area contributed by atoms with E-state index < -0.39 is 5.82 Å². The lowest BCUT2D eigenvalue weighted by atomic mass is 10.1. The zero-order valence-corrected chi connectivity index (χ0v) is 10.2. The number of benzene rings is 2. The molecule has 0 amide bonds. The highest BCUT2D eigenvalue weighted by Gasteiger charge is 2.05. The van der Waals surface area contributed by atoms with Crippen molar-refractivity contribution in [2.75, 3.05) is 0 Å². The molecule has 0 N–H and O–H groups in total. The molecule has 0 saturated heterocycles. The van der Waals surface area contributed by atoms with Gasteiger partial charge in [0, 0.05) is 11.6 Å². The molecule has 0 aliphatic heterocycles. The third kappa shape index (κ3) is 2.78. The van der Waals surface area contributed by atoms with Crippen LogP contribution in [0.5, 0.6) is 11.5 Å². The quantitative estimate of drug-likeness (QED) is 0.787. The third-order valence-corrected chi connectivity index (χ3v) is 2.66. The van der Waals surface area contributed by atoms with Crippen LogP contribution >= 0.6 is 0 Å². The number of halogens is 1. The van der Waals surface area contributed by atoms with E-state index in [1.165, 1.54) is 12.1 Å². The van der Waals surface area contributed by atoms with E-state index in [1.807, 2.05) is 0 Å². The van der Waals surface area contributed by atoms with Crippen LogP contribution in [0.3, 0.4) is 0 Å². The van der Waals surface area contributed by atoms with Gasteiger partial charge < -0.3 is 4.74 Å². The molecule has 0 heterocycles. The number of aldehydes is 1. The smallest absolute Gasteiger partial charge is 0.150 e. The summed E-state index contributed by atoms with van der Waals surface area (Å²) < 4.78 is 18.9. The normalized spacial score (nSPS) is 9.74. The van der Waals surface area contributed by atoms with E-state index in [0.29, 0.717) is 17.1 Å². The lowest BCUT2D eigenvalue weighted by Crippen LogP contribution is -1.91. The summed E-state index contributed by atoms with van der Waals surface area (Å²) in [7, 11) is 0. The van der Waals surface area contributed by atoms with Crippen LogP contribution in [0.4, 0.5) is 4.39 Å². The van der Waals surface area contributed by atoms with Gasteiger partial charge in [-0.1, -0.05) is 0 Å². The summed E-state index contributed by atoms with van der Waals surface area (Å²) in [6.07, 6.45) is 0.764. The Kier molecular flexibility index (Phi) is 3.58. The Hall–Kier alpha value is -2.67. The monoisotopic (exact) mass is 255 g/mol. The molecule has 0 atom stereocenters. The number of aryl methyl sites for hydroxylation is 1. The van der Waals surface area contributed by atoms with Crippen molar-refractivity contribution >= 4 is 6.29 Å². The molecule has 0 unspecified atom stereocenters. The summed E-state index contributed by atoms with van der Waals surface area (Å²) in [5.74, 6) is 0.184. The minimum absolute atomic E-state index is 0.0279. The fraction of sp³-hybridized carbons (Fsp3) is 0.0667. The van der Waals surface area contributed by atoms with Crippen molar-refractivity contribution in [2.45, 2.75) is 6.92 Å². The number of rotatable bonds is 3. The van der Waals surface area contributed by atoms with E-state index >= 15 is 0 Å². The maximum Gasteiger partial charge on any atom is 0.150 e. The highest BCUT2D eigenvalue weighted by atomic mass is 19.1. The molecule has 19 heavy (non-hydrogen) atoms. The summed E-state index contributed by atoms with van der Waals surface area (Å²) in [6.45, 7) is 1.79. The van der Waals surface area contributed by atoms with Gasteiger partial charge in [-0.3, -0.25) is 4.79 Å². The number of carbonyl (C=O) groups is 1. The first-order chi connectivity index (χ1) is 9.13. The van der Waals surface area contributed by atoms with E-state index in [2.05, 4.69) is 0 Å². The Balaban J connectivity index is 2.26. The first-order valence-electron chi connectivity index (χ1n) is 5.57. The van der Waals surface area contributed by atoms with Crippen molar-refractivity contribution in [2.24, 2.45) is 0 Å². The molecular formula is C15H10FNO2. The number of nitriles is 1. The second-order valence-corrected chi connectivity index (χ2v) is 3.99. The standard InChI is InChI=1S/C15H10FNO2/c1-10-6-13(5-3-12(10)9-18)19-14-4-2-11(8-17)15(16)7-14/h2-7,9H,1H3. The molecule has 0 saturated carbocycles. The minimum Gasteiger partial charge on any atom is -0.457 e. The van der Waals surface area contributed by atoms with Gasteiger partial charge in [-0.25, -0.2) is 4.39 Å². The Labute approximate surface area is 109 Å². The molecule has 2 aromatic rings. The molecule has 0 fully saturated rings. The van der Waals surface area contributed by atoms with E-state index in [-0.39, 0.29) is 5.56 Å². The van der Waals surface area contributed by atoms with Crippen LogP contribution in [0.15, 0.2) is 36.4 Å². The van der Waals surface area contributed by atoms with Gasteiger partial charge in [0.15, 0.2) is 0 Å². The van der Waals surface area contributed by atoms with Crippen LogP contribution in [0.25, 0.3) is 0 Å². The predicted molar refractivity (Wildman–Crippen MR) is 67.8 cm³/mol. The summed E-state index contributed by atoms with van der Waals surface area (Å²) in [5, 5.41) is 8.63. The Morgan fingerprint density at radius 2 is 1.89 bits per heavy atom. The SMILES string of the molecule is Cc1cc(Oc2ccc(C#N)c(F)c2)ccc1C=O. The average molecular weight is 255 g/mol. The summed E-state index contributed by atoms with van der Waals surface area (Å²) in [5.41, 5.74) is 1.33. The largest absolute Gasteiger partial charge is 0.457 e. The molecule has 0 spiro atoms. The third-order valence-electron chi connectivity index (χ3n) is 2.66. The second kappa shape index (κ2) is 5.32. The summed E-state index contributed by atoms with van der Waals surface area (Å²) in [4.78, 5) is 10.7. The van der Waals surface area contributed by atoms with Crippen molar-refractivity contribution in [3.63, 3.8) is 0 Å². The topological polar surface area (TPSA) is 50.1 Å². The maximum absolute atomic E-state index is 13.4. The number of carbonyl (C=O) groups excluding carboxylic acids is 1. The molecule has 3 nitrogen and oxygen atoms in total. The Bertz CT molecular complexity index is 674. The second-order valence-electron chi connectivity index (χ2n) is 3.99. The highest BCUT2D eigenvalue weighted by Crippen LogP contribution is 2.24. The molecule has 4 heteroatoms. The number of nitrogens with zero attached hydrogens (tertiary/aromatic N) is 1. The first-order valence-corrected chi connectivity index (χ1v) is 5.57. The van der Waals surface area contributed by atoms with Crippen LogP contribution in [0, 0.1) is 24.1 Å². The summed E-state index contributed by atoms with van der Waals surface area (Å²) in [6, 6.07) is 10.7. The molecular weight excluding hydrogens is 245 g/mol. The van der Waals surface area contributed by atoms with Crippen molar-refractivity contribution in [1.29, 1.82) is 5.26 Å². The van der Waals surface area contributed by atoms with E-state index in [9.17, 15) is 9.18 Å². The lowest BCUT2D eigenvalue weighted by molar-refractivity contribution is 0.112. The van der Waals surface area contributed by atoms with Crippen molar-refractivity contribution < 1.29 is 13.9 Å². The fourth-order valence-electron chi connectivity index (χ4n) is 1.63. The molecule has 0 bridgehead atoms. The number of hydrogen-bond acceptors (Lipinski definition) is 3. The Morgan fingerprint density at radius 3 is 2.47 bits per heavy atom. The zero-order valence-electron chi connectivity index (χ0n) is 10.2. The van der Waals surface area contributed by atoms with Crippen LogP contribution in [-0.2, 0) is 0 Å². The van der Waals surface area contributed by atoms with E-state index in [1.54, 1.807) is 31.2 Å². The fourth-order valence-corrected chi connectivity index (χ4v) is 1.63. The van der Waals surface area contributed by atoms with Crippen LogP contribution in [-0.4, -0.2) is 6.29 Å². The van der Waals surface area contributed by atoms with Gasteiger partial charge in [-0.15, -0.1) is 0 Å². The van der Waals surface area contributed by atoms with Gasteiger partial charge in [0.05, 0.1) is 5.56 Å². The van der Waals surface area contributed by atoms with Crippen LogP contribution in [0.1, 0.15) is 21.5 Å². The van der Waals surface area contributed by atoms with Gasteiger partial charge in [0.2, 0.25) is 0 Å². The maximum atomic E-state index is 13.4. The molecule has 2 aromatic carbocycles. The Morgan fingerprint density at radius 1 is 1.21 bits per heavy atom. The zero-order chi connectivity index (χ0) is 13.8. The lowest BCUT2D eigenvalue weighted by Gasteiger charge is -2.07. The van der Waals surface area contributed by atoms with E-state index in [4.69, 9.17) is 10.00 Å². The number of ether oxygens (including phenoxy) is 1. The van der Waals surface area contributed by atoms with Crippen molar-refractivity contribution in [3.8, 4) is 17.6 Å². The minimum atomic E-state index is -0.624. The molecule has 0 aliphatic rings. The first kappa shape index (κ1) is 12.8. The van der Waals surface area contributed by atoms with Gasteiger partial charge in [-0.2, -0.15) is 5.26 Å². The van der Waals surface area contributed by atoms with E-state index in [0.717, 1.165) is 17.9 Å². The summed E-state index contributed by atoms with van der Waals surface area (Å²) >= 11 is 0. The molecule has 0 aromatic heterocycles. The molecule has 2 rings (SSSR count). The average Bonchev–Trinajstić information content (AvgIpc) is 2.39. The molecule has 0 radical (unpaired) electrons. The van der Waals surface area contributed by atoms with Crippen LogP contribution in [0.2, 0.25) is 0 Å². The molecule has 94 valence electrons. The van der Waals surface area contributed by atoms with Crippen molar-refractivity contribution in [1.82, 2.24) is 0 Å². The van der Waals surface area contributed by atoms with Gasteiger partial charge >= 0.3 is 0 Å². The van der Waals surface area contributed by atoms with Gasteiger partial charge in [0.25, 0.3) is 0 Å². The highest BCUT2D eigenvalue weighted by molar-refractivity contribution is 5.77. The molecule has 0 aliphatic carbocycles. The van der Waals surface area contributed by atoms with Gasteiger partial charge in [0.1, 0.15) is 29.7 Å². The predicted octanol–water partition coefficient (Wildman–Crippen LogP) is 3.61. The van der Waals surface area contributed by atoms with Crippen molar-refractivity contribution in [3.05, 3.63) is 58.9 Å².